The molecule has 0 unspecified atom stereocenters. The lowest BCUT2D eigenvalue weighted by atomic mass is 9.84. The number of rotatable bonds is 6. The predicted molar refractivity (Wildman–Crippen MR) is 161 cm³/mol. The smallest absolute Gasteiger partial charge is 0.302 e. The van der Waals surface area contributed by atoms with Gasteiger partial charge in [-0.3, -0.25) is 9.59 Å². The Hall–Kier alpha value is -3.93. The van der Waals surface area contributed by atoms with E-state index in [4.69, 9.17) is 0 Å². The number of aromatic nitrogens is 2. The Morgan fingerprint density at radius 2 is 1.57 bits per heavy atom. The molecule has 1 N–H and O–H groups in total. The van der Waals surface area contributed by atoms with Crippen molar-refractivity contribution in [3.8, 4) is 11.1 Å². The highest BCUT2D eigenvalue weighted by atomic mass is 16.5. The standard InChI is InChI=1S/C30H33N3O.C4H8O2/c1-20-15-21(2)27(22(3)16-20)17-31-30(34)28-19-33-18-26(13-14-29(33)32-28)25-11-9-24(10-12-25)23-7-5-4-6-8-23;1-3-6-4(2)5/h9-16,18-19,23H,4-8,17H2,1-3H3,(H,31,34);3H2,1-2H3. The molecule has 2 aromatic carbocycles. The summed E-state index contributed by atoms with van der Waals surface area (Å²) >= 11 is 0. The van der Waals surface area contributed by atoms with Crippen LogP contribution < -0.4 is 5.32 Å². The van der Waals surface area contributed by atoms with Gasteiger partial charge in [-0.05, 0) is 92.0 Å². The second-order valence-electron chi connectivity index (χ2n) is 10.8. The van der Waals surface area contributed by atoms with Crippen molar-refractivity contribution in [1.29, 1.82) is 0 Å². The number of imidazole rings is 1. The number of hydrogen-bond acceptors (Lipinski definition) is 4. The first-order valence-corrected chi connectivity index (χ1v) is 14.3. The summed E-state index contributed by atoms with van der Waals surface area (Å²) in [5.41, 5.74) is 9.79. The van der Waals surface area contributed by atoms with Crippen molar-refractivity contribution in [2.24, 2.45) is 0 Å². The summed E-state index contributed by atoms with van der Waals surface area (Å²) in [6, 6.07) is 17.4. The number of fused-ring (bicyclic) bond motifs is 1. The molecule has 210 valence electrons. The van der Waals surface area contributed by atoms with Crippen molar-refractivity contribution in [3.63, 3.8) is 0 Å². The number of carbonyl (C=O) groups is 2. The molecule has 40 heavy (non-hydrogen) atoms. The number of hydrogen-bond donors (Lipinski definition) is 1. The van der Waals surface area contributed by atoms with Gasteiger partial charge in [-0.15, -0.1) is 0 Å². The van der Waals surface area contributed by atoms with E-state index in [1.54, 1.807) is 6.92 Å². The van der Waals surface area contributed by atoms with Gasteiger partial charge < -0.3 is 14.5 Å². The van der Waals surface area contributed by atoms with Crippen LogP contribution in [0.25, 0.3) is 16.8 Å². The fraction of sp³-hybridized carbons (Fsp3) is 0.382. The molecule has 0 spiro atoms. The van der Waals surface area contributed by atoms with Crippen molar-refractivity contribution < 1.29 is 14.3 Å². The molecule has 1 aliphatic carbocycles. The molecule has 2 aromatic heterocycles. The molecule has 1 saturated carbocycles. The first-order chi connectivity index (χ1) is 19.2. The maximum Gasteiger partial charge on any atom is 0.302 e. The minimum atomic E-state index is -0.211. The van der Waals surface area contributed by atoms with E-state index in [9.17, 15) is 9.59 Å². The third kappa shape index (κ3) is 7.38. The van der Waals surface area contributed by atoms with Crippen LogP contribution in [0.5, 0.6) is 0 Å². The van der Waals surface area contributed by atoms with Crippen LogP contribution in [-0.4, -0.2) is 27.9 Å². The Kier molecular flexibility index (Phi) is 9.75. The Labute approximate surface area is 237 Å². The predicted octanol–water partition coefficient (Wildman–Crippen LogP) is 7.47. The topological polar surface area (TPSA) is 72.7 Å². The molecule has 0 saturated heterocycles. The molecule has 0 atom stereocenters. The maximum atomic E-state index is 12.8. The van der Waals surface area contributed by atoms with Gasteiger partial charge in [-0.25, -0.2) is 4.98 Å². The van der Waals surface area contributed by atoms with E-state index >= 15 is 0 Å². The fourth-order valence-corrected chi connectivity index (χ4v) is 5.61. The van der Waals surface area contributed by atoms with Crippen LogP contribution in [-0.2, 0) is 16.1 Å². The Morgan fingerprint density at radius 1 is 0.925 bits per heavy atom. The van der Waals surface area contributed by atoms with Crippen LogP contribution in [0.4, 0.5) is 0 Å². The number of benzene rings is 2. The third-order valence-electron chi connectivity index (χ3n) is 7.62. The van der Waals surface area contributed by atoms with E-state index < -0.39 is 0 Å². The zero-order valence-electron chi connectivity index (χ0n) is 24.4. The second kappa shape index (κ2) is 13.4. The molecule has 6 heteroatoms. The highest BCUT2D eigenvalue weighted by Gasteiger charge is 2.16. The third-order valence-corrected chi connectivity index (χ3v) is 7.62. The molecular weight excluding hydrogens is 498 g/mol. The van der Waals surface area contributed by atoms with Gasteiger partial charge in [0.05, 0.1) is 6.61 Å². The van der Waals surface area contributed by atoms with E-state index in [-0.39, 0.29) is 11.9 Å². The molecule has 4 aromatic rings. The quantitative estimate of drug-likeness (QED) is 0.258. The average Bonchev–Trinajstić information content (AvgIpc) is 3.37. The van der Waals surface area contributed by atoms with Crippen LogP contribution in [0.2, 0.25) is 0 Å². The van der Waals surface area contributed by atoms with Crippen LogP contribution >= 0.6 is 0 Å². The van der Waals surface area contributed by atoms with E-state index in [1.165, 1.54) is 72.4 Å². The van der Waals surface area contributed by atoms with Gasteiger partial charge in [0.25, 0.3) is 5.91 Å². The van der Waals surface area contributed by atoms with Gasteiger partial charge in [0, 0.05) is 25.9 Å². The molecule has 2 heterocycles. The number of amides is 1. The Morgan fingerprint density at radius 3 is 2.17 bits per heavy atom. The lowest BCUT2D eigenvalue weighted by Gasteiger charge is -2.22. The number of aryl methyl sites for hydroxylation is 3. The summed E-state index contributed by atoms with van der Waals surface area (Å²) < 4.78 is 6.35. The number of pyridine rings is 1. The van der Waals surface area contributed by atoms with Crippen molar-refractivity contribution in [1.82, 2.24) is 14.7 Å². The normalized spacial score (nSPS) is 13.4. The van der Waals surface area contributed by atoms with Crippen molar-refractivity contribution in [2.45, 2.75) is 79.2 Å². The molecule has 0 bridgehead atoms. The lowest BCUT2D eigenvalue weighted by molar-refractivity contribution is -0.140. The minimum Gasteiger partial charge on any atom is -0.466 e. The summed E-state index contributed by atoms with van der Waals surface area (Å²) in [7, 11) is 0. The number of nitrogens with zero attached hydrogens (tertiary/aromatic N) is 2. The second-order valence-corrected chi connectivity index (χ2v) is 10.8. The first kappa shape index (κ1) is 29.1. The number of nitrogens with one attached hydrogen (secondary N) is 1. The van der Waals surface area contributed by atoms with E-state index in [0.29, 0.717) is 24.8 Å². The van der Waals surface area contributed by atoms with Crippen molar-refractivity contribution >= 4 is 17.5 Å². The molecule has 6 nitrogen and oxygen atoms in total. The van der Waals surface area contributed by atoms with Crippen LogP contribution in [0.1, 0.15) is 90.2 Å². The maximum absolute atomic E-state index is 12.8. The van der Waals surface area contributed by atoms with Crippen molar-refractivity contribution in [3.05, 3.63) is 94.4 Å². The zero-order chi connectivity index (χ0) is 28.6. The number of ether oxygens (including phenoxy) is 1. The molecule has 0 aliphatic heterocycles. The van der Waals surface area contributed by atoms with Gasteiger partial charge in [-0.1, -0.05) is 61.2 Å². The van der Waals surface area contributed by atoms with Gasteiger partial charge in [0.2, 0.25) is 0 Å². The van der Waals surface area contributed by atoms with Gasteiger partial charge in [-0.2, -0.15) is 0 Å². The van der Waals surface area contributed by atoms with Crippen molar-refractivity contribution in [2.75, 3.05) is 6.61 Å². The van der Waals surface area contributed by atoms with Crippen LogP contribution in [0, 0.1) is 20.8 Å². The molecule has 1 fully saturated rings. The van der Waals surface area contributed by atoms with E-state index in [1.807, 2.05) is 16.7 Å². The largest absolute Gasteiger partial charge is 0.466 e. The Bertz CT molecular complexity index is 1440. The molecule has 1 amide bonds. The molecular formula is C34H41N3O3. The van der Waals surface area contributed by atoms with E-state index in [0.717, 1.165) is 11.2 Å². The molecule has 5 rings (SSSR count). The molecule has 0 radical (unpaired) electrons. The SMILES string of the molecule is CCOC(C)=O.Cc1cc(C)c(CNC(=O)c2cn3cc(-c4ccc(C5CCCCC5)cc4)ccc3n2)c(C)c1. The van der Waals surface area contributed by atoms with Crippen LogP contribution in [0.15, 0.2) is 60.9 Å². The van der Waals surface area contributed by atoms with Gasteiger partial charge in [0.1, 0.15) is 11.3 Å². The van der Waals surface area contributed by atoms with E-state index in [2.05, 4.69) is 84.5 Å². The lowest BCUT2D eigenvalue weighted by Crippen LogP contribution is -2.24. The average molecular weight is 540 g/mol. The summed E-state index contributed by atoms with van der Waals surface area (Å²) in [6.07, 6.45) is 10.6. The first-order valence-electron chi connectivity index (χ1n) is 14.3. The van der Waals surface area contributed by atoms with Gasteiger partial charge in [0.15, 0.2) is 0 Å². The fourth-order valence-electron chi connectivity index (χ4n) is 5.61. The monoisotopic (exact) mass is 539 g/mol. The summed E-state index contributed by atoms with van der Waals surface area (Å²) in [5.74, 6) is 0.353. The molecule has 1 aliphatic rings. The van der Waals surface area contributed by atoms with Crippen LogP contribution in [0.3, 0.4) is 0 Å². The zero-order valence-corrected chi connectivity index (χ0v) is 24.4. The minimum absolute atomic E-state index is 0.151. The highest BCUT2D eigenvalue weighted by Crippen LogP contribution is 2.33. The van der Waals surface area contributed by atoms with Gasteiger partial charge >= 0.3 is 5.97 Å². The number of carbonyl (C=O) groups excluding carboxylic acids is 2. The highest BCUT2D eigenvalue weighted by molar-refractivity contribution is 5.93. The summed E-state index contributed by atoms with van der Waals surface area (Å²) in [5, 5.41) is 3.05. The number of esters is 1. The summed E-state index contributed by atoms with van der Waals surface area (Å²) in [6.45, 7) is 10.4. The summed E-state index contributed by atoms with van der Waals surface area (Å²) in [4.78, 5) is 27.2. The Balaban J connectivity index is 0.000000557.